The monoisotopic (exact) mass is 425 g/mol. The number of ether oxygens (including phenoxy) is 2. The number of aliphatic imine (C=N–C) groups is 1. The number of hydrogen-bond acceptors (Lipinski definition) is 6. The Morgan fingerprint density at radius 3 is 2.47 bits per heavy atom. The molecule has 6 nitrogen and oxygen atoms in total. The molecule has 0 saturated heterocycles. The van der Waals surface area contributed by atoms with Crippen molar-refractivity contribution in [2.45, 2.75) is 11.3 Å². The van der Waals surface area contributed by atoms with Gasteiger partial charge in [0.2, 0.25) is 11.1 Å². The highest BCUT2D eigenvalue weighted by Gasteiger charge is 2.14. The van der Waals surface area contributed by atoms with E-state index in [4.69, 9.17) is 13.7 Å². The molecule has 30 heavy (non-hydrogen) atoms. The van der Waals surface area contributed by atoms with Crippen molar-refractivity contribution in [1.29, 1.82) is 0 Å². The molecule has 1 N–H and O–H groups in total. The van der Waals surface area contributed by atoms with Crippen LogP contribution in [0.25, 0.3) is 0 Å². The quantitative estimate of drug-likeness (QED) is 0.521. The SMILES string of the molecule is COc1cc(CCN=Cc2cccc(OC)c2OS(=O)c2ccccc2)ccc1O. The van der Waals surface area contributed by atoms with Crippen LogP contribution in [-0.2, 0) is 17.5 Å². The van der Waals surface area contributed by atoms with Crippen LogP contribution in [-0.4, -0.2) is 36.3 Å². The number of rotatable bonds is 9. The second-order valence-electron chi connectivity index (χ2n) is 6.30. The average Bonchev–Trinajstić information content (AvgIpc) is 2.79. The van der Waals surface area contributed by atoms with Crippen molar-refractivity contribution in [3.8, 4) is 23.0 Å². The van der Waals surface area contributed by atoms with Crippen molar-refractivity contribution in [2.24, 2.45) is 4.99 Å². The number of para-hydroxylation sites is 1. The summed E-state index contributed by atoms with van der Waals surface area (Å²) in [6.07, 6.45) is 2.35. The molecule has 3 aromatic rings. The van der Waals surface area contributed by atoms with E-state index in [-0.39, 0.29) is 5.75 Å². The van der Waals surface area contributed by atoms with E-state index in [1.54, 1.807) is 48.7 Å². The van der Waals surface area contributed by atoms with Crippen LogP contribution in [0.4, 0.5) is 0 Å². The Labute approximate surface area is 178 Å². The molecule has 0 saturated carbocycles. The first kappa shape index (κ1) is 21.4. The van der Waals surface area contributed by atoms with Gasteiger partial charge >= 0.3 is 0 Å². The number of nitrogens with zero attached hydrogens (tertiary/aromatic N) is 1. The summed E-state index contributed by atoms with van der Waals surface area (Å²) >= 11 is -1.68. The van der Waals surface area contributed by atoms with Crippen LogP contribution < -0.4 is 13.7 Å². The smallest absolute Gasteiger partial charge is 0.240 e. The number of phenols is 1. The van der Waals surface area contributed by atoms with Gasteiger partial charge in [-0.1, -0.05) is 30.3 Å². The van der Waals surface area contributed by atoms with E-state index in [2.05, 4.69) is 4.99 Å². The lowest BCUT2D eigenvalue weighted by atomic mass is 10.1. The highest BCUT2D eigenvalue weighted by molar-refractivity contribution is 7.80. The highest BCUT2D eigenvalue weighted by atomic mass is 32.2. The topological polar surface area (TPSA) is 77.3 Å². The molecule has 0 spiro atoms. The van der Waals surface area contributed by atoms with Gasteiger partial charge in [0.05, 0.1) is 19.1 Å². The first-order valence-electron chi connectivity index (χ1n) is 9.30. The minimum absolute atomic E-state index is 0.106. The Morgan fingerprint density at radius 2 is 1.73 bits per heavy atom. The molecule has 3 aromatic carbocycles. The normalized spacial score (nSPS) is 11.9. The molecule has 0 fully saturated rings. The van der Waals surface area contributed by atoms with Crippen molar-refractivity contribution in [2.75, 3.05) is 20.8 Å². The van der Waals surface area contributed by atoms with E-state index in [1.165, 1.54) is 14.2 Å². The minimum atomic E-state index is -1.68. The predicted octanol–water partition coefficient (Wildman–Crippen LogP) is 4.17. The number of hydrogen-bond donors (Lipinski definition) is 1. The molecular formula is C23H23NO5S. The van der Waals surface area contributed by atoms with Crippen LogP contribution in [0.3, 0.4) is 0 Å². The Hall–Kier alpha value is -3.32. The minimum Gasteiger partial charge on any atom is -0.504 e. The maximum absolute atomic E-state index is 12.6. The Bertz CT molecular complexity index is 1040. The van der Waals surface area contributed by atoms with Crippen LogP contribution >= 0.6 is 0 Å². The van der Waals surface area contributed by atoms with Gasteiger partial charge in [-0.15, -0.1) is 0 Å². The molecule has 3 rings (SSSR count). The number of aromatic hydroxyl groups is 1. The summed E-state index contributed by atoms with van der Waals surface area (Å²) in [5.41, 5.74) is 1.66. The number of phenolic OH excluding ortho intramolecular Hbond substituents is 1. The zero-order chi connectivity index (χ0) is 21.3. The lowest BCUT2D eigenvalue weighted by Crippen LogP contribution is -2.05. The van der Waals surface area contributed by atoms with E-state index in [1.807, 2.05) is 24.3 Å². The predicted molar refractivity (Wildman–Crippen MR) is 117 cm³/mol. The summed E-state index contributed by atoms with van der Waals surface area (Å²) in [7, 11) is 3.05. The Kier molecular flexibility index (Phi) is 7.45. The van der Waals surface area contributed by atoms with Crippen molar-refractivity contribution in [3.63, 3.8) is 0 Å². The molecule has 7 heteroatoms. The fourth-order valence-electron chi connectivity index (χ4n) is 2.77. The molecule has 0 bridgehead atoms. The Balaban J connectivity index is 1.73. The van der Waals surface area contributed by atoms with Crippen molar-refractivity contribution >= 4 is 17.3 Å². The fourth-order valence-corrected chi connectivity index (χ4v) is 3.58. The molecule has 0 amide bonds. The van der Waals surface area contributed by atoms with Gasteiger partial charge in [-0.05, 0) is 48.4 Å². The van der Waals surface area contributed by atoms with Gasteiger partial charge in [0.15, 0.2) is 23.0 Å². The highest BCUT2D eigenvalue weighted by Crippen LogP contribution is 2.32. The van der Waals surface area contributed by atoms with Crippen LogP contribution in [0.1, 0.15) is 11.1 Å². The van der Waals surface area contributed by atoms with Crippen LogP contribution in [0, 0.1) is 0 Å². The summed E-state index contributed by atoms with van der Waals surface area (Å²) in [6, 6.07) is 19.6. The van der Waals surface area contributed by atoms with E-state index in [0.717, 1.165) is 5.56 Å². The molecule has 0 heterocycles. The van der Waals surface area contributed by atoms with Gasteiger partial charge in [-0.2, -0.15) is 0 Å². The number of benzene rings is 3. The maximum Gasteiger partial charge on any atom is 0.240 e. The largest absolute Gasteiger partial charge is 0.504 e. The van der Waals surface area contributed by atoms with E-state index in [9.17, 15) is 9.32 Å². The van der Waals surface area contributed by atoms with E-state index >= 15 is 0 Å². The van der Waals surface area contributed by atoms with Crippen LogP contribution in [0.15, 0.2) is 76.6 Å². The molecule has 0 aliphatic heterocycles. The standard InChI is InChI=1S/C23H23NO5S/c1-27-21-10-6-7-18(23(21)29-30(26)19-8-4-3-5-9-19)16-24-14-13-17-11-12-20(25)22(15-17)28-2/h3-12,15-16,25H,13-14H2,1-2H3. The van der Waals surface area contributed by atoms with Crippen LogP contribution in [0.5, 0.6) is 23.0 Å². The summed E-state index contributed by atoms with van der Waals surface area (Å²) in [5, 5.41) is 9.68. The van der Waals surface area contributed by atoms with Gasteiger partial charge < -0.3 is 18.8 Å². The van der Waals surface area contributed by atoms with E-state index in [0.29, 0.717) is 40.7 Å². The summed E-state index contributed by atoms with van der Waals surface area (Å²) in [6.45, 7) is 0.520. The van der Waals surface area contributed by atoms with Crippen molar-refractivity contribution in [3.05, 3.63) is 77.9 Å². The van der Waals surface area contributed by atoms with Gasteiger partial charge in [-0.3, -0.25) is 4.99 Å². The Morgan fingerprint density at radius 1 is 0.967 bits per heavy atom. The second kappa shape index (κ2) is 10.5. The lowest BCUT2D eigenvalue weighted by Gasteiger charge is -2.12. The summed E-state index contributed by atoms with van der Waals surface area (Å²) in [4.78, 5) is 5.03. The van der Waals surface area contributed by atoms with E-state index < -0.39 is 11.1 Å². The first-order chi connectivity index (χ1) is 14.6. The number of methoxy groups -OCH3 is 2. The molecule has 1 atom stereocenters. The molecule has 1 unspecified atom stereocenters. The third-order valence-corrected chi connectivity index (χ3v) is 5.30. The van der Waals surface area contributed by atoms with Gasteiger partial charge in [0.1, 0.15) is 0 Å². The molecule has 0 aliphatic rings. The fraction of sp³-hybridized carbons (Fsp3) is 0.174. The average molecular weight is 426 g/mol. The third-order valence-electron chi connectivity index (χ3n) is 4.33. The molecule has 0 radical (unpaired) electrons. The third kappa shape index (κ3) is 5.39. The van der Waals surface area contributed by atoms with Crippen LogP contribution in [0.2, 0.25) is 0 Å². The summed E-state index contributed by atoms with van der Waals surface area (Å²) < 4.78 is 28.8. The second-order valence-corrected chi connectivity index (χ2v) is 7.41. The van der Waals surface area contributed by atoms with Gasteiger partial charge in [0.25, 0.3) is 0 Å². The van der Waals surface area contributed by atoms with Crippen molar-refractivity contribution in [1.82, 2.24) is 0 Å². The molecule has 156 valence electrons. The zero-order valence-corrected chi connectivity index (χ0v) is 17.6. The van der Waals surface area contributed by atoms with Gasteiger partial charge in [-0.25, -0.2) is 4.21 Å². The zero-order valence-electron chi connectivity index (χ0n) is 16.8. The molecule has 0 aliphatic carbocycles. The summed E-state index contributed by atoms with van der Waals surface area (Å²) in [5.74, 6) is 1.39. The first-order valence-corrected chi connectivity index (χ1v) is 10.4. The van der Waals surface area contributed by atoms with Crippen molar-refractivity contribution < 1.29 is 23.0 Å². The lowest BCUT2D eigenvalue weighted by molar-refractivity contribution is 0.373. The maximum atomic E-state index is 12.6. The van der Waals surface area contributed by atoms with Gasteiger partial charge in [0, 0.05) is 18.3 Å². The molecular weight excluding hydrogens is 402 g/mol. The molecule has 0 aromatic heterocycles.